The van der Waals surface area contributed by atoms with Crippen molar-refractivity contribution in [2.45, 2.75) is 19.8 Å². The molecule has 1 saturated heterocycles. The molecule has 1 aromatic carbocycles. The molecule has 130 valence electrons. The Morgan fingerprint density at radius 1 is 1.36 bits per heavy atom. The summed E-state index contributed by atoms with van der Waals surface area (Å²) in [6.07, 6.45) is 0. The van der Waals surface area contributed by atoms with Crippen LogP contribution in [0, 0.1) is 25.1 Å². The quantitative estimate of drug-likeness (QED) is 0.859. The number of hydrogen-bond donors (Lipinski definition) is 2. The highest BCUT2D eigenvalue weighted by molar-refractivity contribution is 6.31. The van der Waals surface area contributed by atoms with Gasteiger partial charge in [0.2, 0.25) is 0 Å². The maximum atomic E-state index is 13.1. The lowest BCUT2D eigenvalue weighted by Crippen LogP contribution is -2.29. The van der Waals surface area contributed by atoms with Crippen LogP contribution in [0.2, 0.25) is 5.02 Å². The number of nitrogens with zero attached hydrogens (tertiary/aromatic N) is 3. The molecule has 0 bridgehead atoms. The summed E-state index contributed by atoms with van der Waals surface area (Å²) in [6.45, 7) is 3.84. The van der Waals surface area contributed by atoms with Gasteiger partial charge in [-0.15, -0.1) is 0 Å². The summed E-state index contributed by atoms with van der Waals surface area (Å²) in [5, 5.41) is 18.5. The van der Waals surface area contributed by atoms with Gasteiger partial charge in [-0.2, -0.15) is 0 Å². The number of benzene rings is 1. The fraction of sp³-hybridized carbons (Fsp3) is 0.294. The van der Waals surface area contributed by atoms with Gasteiger partial charge in [0, 0.05) is 18.3 Å². The fourth-order valence-electron chi connectivity index (χ4n) is 2.84. The van der Waals surface area contributed by atoms with Crippen molar-refractivity contribution >= 4 is 23.2 Å². The molecule has 1 fully saturated rings. The molecular weight excluding hydrogens is 347 g/mol. The molecule has 8 heteroatoms. The standard InChI is InChI=1S/C17H16ClFN4O2/c1-8-15(18)9(2)22-16(21-8)12-6-23(7-13(12)20)17(25)11-4-3-10(19)5-14(11)24/h3-5,12,20,24H,6-7H2,1-2H3. The number of phenolic OH excluding ortho intramolecular Hbond substituents is 1. The predicted molar refractivity (Wildman–Crippen MR) is 91.0 cm³/mol. The van der Waals surface area contributed by atoms with Crippen LogP contribution in [0.3, 0.4) is 0 Å². The first kappa shape index (κ1) is 17.3. The van der Waals surface area contributed by atoms with Gasteiger partial charge in [0.05, 0.1) is 34.4 Å². The van der Waals surface area contributed by atoms with E-state index in [2.05, 4.69) is 9.97 Å². The zero-order valence-electron chi connectivity index (χ0n) is 13.7. The first-order valence-electron chi connectivity index (χ1n) is 7.63. The summed E-state index contributed by atoms with van der Waals surface area (Å²) in [5.41, 5.74) is 1.55. The van der Waals surface area contributed by atoms with Crippen molar-refractivity contribution in [2.24, 2.45) is 0 Å². The Hall–Kier alpha value is -2.54. The molecule has 1 atom stereocenters. The number of phenols is 1. The van der Waals surface area contributed by atoms with Gasteiger partial charge >= 0.3 is 0 Å². The van der Waals surface area contributed by atoms with Gasteiger partial charge in [-0.1, -0.05) is 11.6 Å². The predicted octanol–water partition coefficient (Wildman–Crippen LogP) is 2.85. The number of aryl methyl sites for hydroxylation is 2. The number of halogens is 2. The van der Waals surface area contributed by atoms with Crippen LogP contribution in [0.4, 0.5) is 4.39 Å². The third kappa shape index (κ3) is 3.19. The molecule has 6 nitrogen and oxygen atoms in total. The lowest BCUT2D eigenvalue weighted by Gasteiger charge is -2.16. The highest BCUT2D eigenvalue weighted by Crippen LogP contribution is 2.28. The number of aromatic nitrogens is 2. The Kier molecular flexibility index (Phi) is 4.43. The van der Waals surface area contributed by atoms with Crippen LogP contribution < -0.4 is 0 Å². The first-order chi connectivity index (χ1) is 11.8. The molecule has 25 heavy (non-hydrogen) atoms. The number of nitrogens with one attached hydrogen (secondary N) is 1. The van der Waals surface area contributed by atoms with E-state index in [1.54, 1.807) is 13.8 Å². The number of likely N-dealkylation sites (tertiary alicyclic amines) is 1. The summed E-state index contributed by atoms with van der Waals surface area (Å²) in [5.74, 6) is -1.49. The number of amides is 1. The van der Waals surface area contributed by atoms with E-state index in [4.69, 9.17) is 17.0 Å². The normalized spacial score (nSPS) is 17.2. The van der Waals surface area contributed by atoms with Crippen LogP contribution >= 0.6 is 11.6 Å². The number of carbonyl (C=O) groups is 1. The van der Waals surface area contributed by atoms with Crippen molar-refractivity contribution in [2.75, 3.05) is 13.1 Å². The molecule has 1 amide bonds. The van der Waals surface area contributed by atoms with Gasteiger partial charge in [0.1, 0.15) is 17.4 Å². The zero-order chi connectivity index (χ0) is 18.3. The van der Waals surface area contributed by atoms with Gasteiger partial charge in [-0.3, -0.25) is 4.79 Å². The molecule has 2 aromatic rings. The van der Waals surface area contributed by atoms with Crippen LogP contribution in [-0.2, 0) is 0 Å². The highest BCUT2D eigenvalue weighted by Gasteiger charge is 2.35. The van der Waals surface area contributed by atoms with E-state index in [0.717, 1.165) is 12.1 Å². The summed E-state index contributed by atoms with van der Waals surface area (Å²) in [7, 11) is 0. The van der Waals surface area contributed by atoms with E-state index >= 15 is 0 Å². The lowest BCUT2D eigenvalue weighted by molar-refractivity contribution is 0.0792. The van der Waals surface area contributed by atoms with Gasteiger partial charge in [0.15, 0.2) is 0 Å². The van der Waals surface area contributed by atoms with Crippen molar-refractivity contribution in [1.29, 1.82) is 5.41 Å². The lowest BCUT2D eigenvalue weighted by atomic mass is 10.1. The molecule has 1 aromatic heterocycles. The number of carbonyl (C=O) groups excluding carboxylic acids is 1. The number of aromatic hydroxyl groups is 1. The first-order valence-corrected chi connectivity index (χ1v) is 8.01. The van der Waals surface area contributed by atoms with E-state index in [0.29, 0.717) is 27.9 Å². The highest BCUT2D eigenvalue weighted by atomic mass is 35.5. The van der Waals surface area contributed by atoms with Crippen LogP contribution in [-0.4, -0.2) is 44.7 Å². The van der Waals surface area contributed by atoms with Crippen molar-refractivity contribution in [3.63, 3.8) is 0 Å². The van der Waals surface area contributed by atoms with Gasteiger partial charge in [0.25, 0.3) is 5.91 Å². The van der Waals surface area contributed by atoms with Crippen molar-refractivity contribution in [3.05, 3.63) is 51.8 Å². The molecular formula is C17H16ClFN4O2. The summed E-state index contributed by atoms with van der Waals surface area (Å²) < 4.78 is 13.1. The summed E-state index contributed by atoms with van der Waals surface area (Å²) in [4.78, 5) is 22.7. The third-order valence-electron chi connectivity index (χ3n) is 4.17. The zero-order valence-corrected chi connectivity index (χ0v) is 14.4. The molecule has 0 spiro atoms. The van der Waals surface area contributed by atoms with E-state index in [9.17, 15) is 14.3 Å². The van der Waals surface area contributed by atoms with Crippen molar-refractivity contribution in [1.82, 2.24) is 14.9 Å². The van der Waals surface area contributed by atoms with Crippen molar-refractivity contribution in [3.8, 4) is 5.75 Å². The van der Waals surface area contributed by atoms with Crippen molar-refractivity contribution < 1.29 is 14.3 Å². The molecule has 2 N–H and O–H groups in total. The SMILES string of the molecule is Cc1nc(C2CN(C(=O)c3ccc(F)cc3O)CC2=N)nc(C)c1Cl. The van der Waals surface area contributed by atoms with Crippen LogP contribution in [0.25, 0.3) is 0 Å². The topological polar surface area (TPSA) is 90.2 Å². The minimum atomic E-state index is -0.624. The number of hydrogen-bond acceptors (Lipinski definition) is 5. The maximum Gasteiger partial charge on any atom is 0.257 e. The second-order valence-corrected chi connectivity index (χ2v) is 6.37. The van der Waals surface area contributed by atoms with Gasteiger partial charge in [-0.05, 0) is 26.0 Å². The minimum Gasteiger partial charge on any atom is -0.507 e. The Morgan fingerprint density at radius 2 is 2.00 bits per heavy atom. The average molecular weight is 363 g/mol. The molecule has 2 heterocycles. The smallest absolute Gasteiger partial charge is 0.257 e. The van der Waals surface area contributed by atoms with Crippen LogP contribution in [0.5, 0.6) is 5.75 Å². The van der Waals surface area contributed by atoms with E-state index in [-0.39, 0.29) is 18.7 Å². The number of rotatable bonds is 2. The average Bonchev–Trinajstić information content (AvgIpc) is 2.93. The Morgan fingerprint density at radius 3 is 2.60 bits per heavy atom. The molecule has 1 unspecified atom stereocenters. The Labute approximate surface area is 148 Å². The fourth-order valence-corrected chi connectivity index (χ4v) is 2.93. The molecule has 0 radical (unpaired) electrons. The van der Waals surface area contributed by atoms with Gasteiger partial charge < -0.3 is 15.4 Å². The second-order valence-electron chi connectivity index (χ2n) is 5.99. The molecule has 1 aliphatic rings. The van der Waals surface area contributed by atoms with E-state index in [1.807, 2.05) is 0 Å². The van der Waals surface area contributed by atoms with Gasteiger partial charge in [-0.25, -0.2) is 14.4 Å². The minimum absolute atomic E-state index is 0.000708. The van der Waals surface area contributed by atoms with Crippen LogP contribution in [0.1, 0.15) is 33.5 Å². The molecule has 1 aliphatic heterocycles. The second kappa shape index (κ2) is 6.40. The monoisotopic (exact) mass is 362 g/mol. The van der Waals surface area contributed by atoms with E-state index < -0.39 is 23.4 Å². The van der Waals surface area contributed by atoms with E-state index in [1.165, 1.54) is 11.0 Å². The maximum absolute atomic E-state index is 13.1. The molecule has 0 saturated carbocycles. The molecule has 0 aliphatic carbocycles. The Balaban J connectivity index is 1.86. The summed E-state index contributed by atoms with van der Waals surface area (Å²) >= 11 is 6.08. The van der Waals surface area contributed by atoms with Crippen LogP contribution in [0.15, 0.2) is 18.2 Å². The Bertz CT molecular complexity index is 864. The summed E-state index contributed by atoms with van der Waals surface area (Å²) in [6, 6.07) is 3.24. The third-order valence-corrected chi connectivity index (χ3v) is 4.72. The largest absolute Gasteiger partial charge is 0.507 e. The molecule has 3 rings (SSSR count).